The van der Waals surface area contributed by atoms with Crippen molar-refractivity contribution in [2.24, 2.45) is 0 Å². The Morgan fingerprint density at radius 3 is 2.67 bits per heavy atom. The summed E-state index contributed by atoms with van der Waals surface area (Å²) in [6.07, 6.45) is -1.90. The Kier molecular flexibility index (Phi) is 3.79. The second-order valence-electron chi connectivity index (χ2n) is 4.19. The summed E-state index contributed by atoms with van der Waals surface area (Å²) in [5.74, 6) is 0.0312. The Labute approximate surface area is 116 Å². The number of benzene rings is 1. The third-order valence-corrected chi connectivity index (χ3v) is 2.69. The lowest BCUT2D eigenvalue weighted by molar-refractivity contribution is -0.386. The van der Waals surface area contributed by atoms with Gasteiger partial charge >= 0.3 is 11.9 Å². The monoisotopic (exact) mass is 298 g/mol. The highest BCUT2D eigenvalue weighted by Crippen LogP contribution is 2.30. The molecule has 0 aliphatic carbocycles. The van der Waals surface area contributed by atoms with Gasteiger partial charge in [-0.1, -0.05) is 23.4 Å². The molecule has 0 bridgehead atoms. The summed E-state index contributed by atoms with van der Waals surface area (Å²) in [7, 11) is 0. The van der Waals surface area contributed by atoms with Crippen LogP contribution >= 0.6 is 0 Å². The minimum Gasteiger partial charge on any atom is -0.354 e. The smallest absolute Gasteiger partial charge is 0.354 e. The topological polar surface area (TPSA) is 69.2 Å². The second-order valence-corrected chi connectivity index (χ2v) is 4.19. The first kappa shape index (κ1) is 14.8. The third kappa shape index (κ3) is 3.28. The van der Waals surface area contributed by atoms with Gasteiger partial charge in [0, 0.05) is 6.92 Å². The van der Waals surface area contributed by atoms with Gasteiger partial charge in [-0.3, -0.25) is 10.1 Å². The van der Waals surface area contributed by atoms with Crippen LogP contribution < -0.4 is 0 Å². The van der Waals surface area contributed by atoms with Crippen LogP contribution in [0.5, 0.6) is 0 Å². The fraction of sp³-hybridized carbons (Fsp3) is 0.154. The zero-order valence-corrected chi connectivity index (χ0v) is 10.7. The van der Waals surface area contributed by atoms with Crippen LogP contribution in [0, 0.1) is 17.0 Å². The zero-order valence-electron chi connectivity index (χ0n) is 10.7. The Balaban J connectivity index is 2.33. The SMILES string of the molecule is Cc1onc(/C=C/c2cccc(C(F)(F)F)c2)c1[N+](=O)[O-]. The molecule has 8 heteroatoms. The quantitative estimate of drug-likeness (QED) is 0.632. The van der Waals surface area contributed by atoms with E-state index in [1.165, 1.54) is 31.2 Å². The molecule has 1 aromatic carbocycles. The number of hydrogen-bond acceptors (Lipinski definition) is 4. The van der Waals surface area contributed by atoms with E-state index in [1.807, 2.05) is 0 Å². The van der Waals surface area contributed by atoms with Gasteiger partial charge in [0.1, 0.15) is 0 Å². The Morgan fingerprint density at radius 1 is 1.33 bits per heavy atom. The highest BCUT2D eigenvalue weighted by molar-refractivity contribution is 5.72. The van der Waals surface area contributed by atoms with Gasteiger partial charge in [0.05, 0.1) is 10.5 Å². The maximum atomic E-state index is 12.6. The van der Waals surface area contributed by atoms with E-state index in [4.69, 9.17) is 4.52 Å². The van der Waals surface area contributed by atoms with Crippen molar-refractivity contribution in [1.29, 1.82) is 0 Å². The van der Waals surface area contributed by atoms with Gasteiger partial charge in [-0.05, 0) is 23.8 Å². The van der Waals surface area contributed by atoms with Gasteiger partial charge in [0.15, 0.2) is 5.69 Å². The molecular weight excluding hydrogens is 289 g/mol. The molecule has 21 heavy (non-hydrogen) atoms. The van der Waals surface area contributed by atoms with E-state index in [2.05, 4.69) is 5.16 Å². The fourth-order valence-corrected chi connectivity index (χ4v) is 1.71. The number of nitro groups is 1. The van der Waals surface area contributed by atoms with Gasteiger partial charge in [0.25, 0.3) is 0 Å². The summed E-state index contributed by atoms with van der Waals surface area (Å²) < 4.78 is 42.4. The summed E-state index contributed by atoms with van der Waals surface area (Å²) in [6, 6.07) is 4.59. The van der Waals surface area contributed by atoms with Crippen molar-refractivity contribution in [3.8, 4) is 0 Å². The van der Waals surface area contributed by atoms with Crippen LogP contribution in [-0.2, 0) is 6.18 Å². The van der Waals surface area contributed by atoms with Gasteiger partial charge in [-0.25, -0.2) is 0 Å². The number of rotatable bonds is 3. The van der Waals surface area contributed by atoms with Gasteiger partial charge < -0.3 is 4.52 Å². The number of halogens is 3. The lowest BCUT2D eigenvalue weighted by Gasteiger charge is -2.06. The molecule has 0 aliphatic rings. The largest absolute Gasteiger partial charge is 0.416 e. The lowest BCUT2D eigenvalue weighted by Crippen LogP contribution is -2.04. The summed E-state index contributed by atoms with van der Waals surface area (Å²) in [6.45, 7) is 1.38. The molecule has 0 fully saturated rings. The van der Waals surface area contributed by atoms with Crippen molar-refractivity contribution in [3.05, 3.63) is 57.0 Å². The molecule has 0 atom stereocenters. The molecule has 0 saturated heterocycles. The van der Waals surface area contributed by atoms with Crippen LogP contribution in [0.1, 0.15) is 22.6 Å². The summed E-state index contributed by atoms with van der Waals surface area (Å²) in [5, 5.41) is 14.3. The van der Waals surface area contributed by atoms with E-state index in [1.54, 1.807) is 0 Å². The number of alkyl halides is 3. The van der Waals surface area contributed by atoms with Crippen LogP contribution in [0.25, 0.3) is 12.2 Å². The first-order chi connectivity index (χ1) is 9.79. The van der Waals surface area contributed by atoms with Crippen molar-refractivity contribution in [1.82, 2.24) is 5.16 Å². The highest BCUT2D eigenvalue weighted by Gasteiger charge is 2.30. The number of nitrogens with zero attached hydrogens (tertiary/aromatic N) is 2. The highest BCUT2D eigenvalue weighted by atomic mass is 19.4. The average molecular weight is 298 g/mol. The predicted octanol–water partition coefficient (Wildman–Crippen LogP) is 4.08. The molecule has 0 radical (unpaired) electrons. The van der Waals surface area contributed by atoms with E-state index in [0.717, 1.165) is 12.1 Å². The molecule has 1 heterocycles. The fourth-order valence-electron chi connectivity index (χ4n) is 1.71. The Bertz CT molecular complexity index is 705. The van der Waals surface area contributed by atoms with Crippen molar-refractivity contribution < 1.29 is 22.6 Å². The predicted molar refractivity (Wildman–Crippen MR) is 68.3 cm³/mol. The normalized spacial score (nSPS) is 12.0. The van der Waals surface area contributed by atoms with Crippen molar-refractivity contribution in [2.75, 3.05) is 0 Å². The van der Waals surface area contributed by atoms with Crippen molar-refractivity contribution >= 4 is 17.8 Å². The van der Waals surface area contributed by atoms with Crippen molar-refractivity contribution in [3.63, 3.8) is 0 Å². The number of aryl methyl sites for hydroxylation is 1. The van der Waals surface area contributed by atoms with Crippen LogP contribution in [0.3, 0.4) is 0 Å². The number of aromatic nitrogens is 1. The first-order valence-electron chi connectivity index (χ1n) is 5.75. The number of hydrogen-bond donors (Lipinski definition) is 0. The van der Waals surface area contributed by atoms with Crippen LogP contribution in [0.2, 0.25) is 0 Å². The Morgan fingerprint density at radius 2 is 2.05 bits per heavy atom. The van der Waals surface area contributed by atoms with Crippen LogP contribution in [0.4, 0.5) is 18.9 Å². The Hall–Kier alpha value is -2.64. The van der Waals surface area contributed by atoms with Crippen molar-refractivity contribution in [2.45, 2.75) is 13.1 Å². The van der Waals surface area contributed by atoms with E-state index in [0.29, 0.717) is 0 Å². The zero-order chi connectivity index (χ0) is 15.6. The summed E-state index contributed by atoms with van der Waals surface area (Å²) in [5.41, 5.74) is -0.900. The van der Waals surface area contributed by atoms with Gasteiger partial charge in [-0.2, -0.15) is 13.2 Å². The molecule has 0 saturated carbocycles. The van der Waals surface area contributed by atoms with Gasteiger partial charge in [-0.15, -0.1) is 0 Å². The average Bonchev–Trinajstić information content (AvgIpc) is 2.77. The molecule has 2 aromatic rings. The molecular formula is C13H9F3N2O3. The molecule has 0 N–H and O–H groups in total. The third-order valence-electron chi connectivity index (χ3n) is 2.69. The maximum absolute atomic E-state index is 12.6. The summed E-state index contributed by atoms with van der Waals surface area (Å²) in [4.78, 5) is 10.2. The molecule has 0 unspecified atom stereocenters. The van der Waals surface area contributed by atoms with Gasteiger partial charge in [0.2, 0.25) is 5.76 Å². The van der Waals surface area contributed by atoms with E-state index in [-0.39, 0.29) is 22.7 Å². The molecule has 0 spiro atoms. The molecule has 2 rings (SSSR count). The van der Waals surface area contributed by atoms with E-state index >= 15 is 0 Å². The van der Waals surface area contributed by atoms with E-state index in [9.17, 15) is 23.3 Å². The van der Waals surface area contributed by atoms with Crippen LogP contribution in [0.15, 0.2) is 28.8 Å². The molecule has 5 nitrogen and oxygen atoms in total. The summed E-state index contributed by atoms with van der Waals surface area (Å²) >= 11 is 0. The molecule has 0 aliphatic heterocycles. The molecule has 110 valence electrons. The van der Waals surface area contributed by atoms with Crippen LogP contribution in [-0.4, -0.2) is 10.1 Å². The minimum atomic E-state index is -4.44. The maximum Gasteiger partial charge on any atom is 0.416 e. The standard InChI is InChI=1S/C13H9F3N2O3/c1-8-12(18(19)20)11(17-21-8)6-5-9-3-2-4-10(7-9)13(14,15)16/h2-7H,1H3/b6-5+. The minimum absolute atomic E-state index is 0.0312. The lowest BCUT2D eigenvalue weighted by atomic mass is 10.1. The van der Waals surface area contributed by atoms with E-state index < -0.39 is 16.7 Å². The molecule has 0 amide bonds. The molecule has 1 aromatic heterocycles. The first-order valence-corrected chi connectivity index (χ1v) is 5.75. The second kappa shape index (κ2) is 5.39.